The quantitative estimate of drug-likeness (QED) is 0.841. The Kier molecular flexibility index (Phi) is 4.38. The molecule has 1 aliphatic carbocycles. The highest BCUT2D eigenvalue weighted by molar-refractivity contribution is 7.15. The van der Waals surface area contributed by atoms with Gasteiger partial charge in [0.2, 0.25) is 0 Å². The molecule has 0 aromatic carbocycles. The van der Waals surface area contributed by atoms with Crippen molar-refractivity contribution >= 4 is 27.8 Å². The minimum Gasteiger partial charge on any atom is -0.341 e. The van der Waals surface area contributed by atoms with Crippen LogP contribution in [0.5, 0.6) is 0 Å². The first-order valence-corrected chi connectivity index (χ1v) is 8.89. The fourth-order valence-electron chi connectivity index (χ4n) is 2.09. The maximum absolute atomic E-state index is 4.63. The van der Waals surface area contributed by atoms with Gasteiger partial charge in [-0.3, -0.25) is 0 Å². The molecule has 2 heterocycles. The summed E-state index contributed by atoms with van der Waals surface area (Å²) in [5.41, 5.74) is 0. The summed E-state index contributed by atoms with van der Waals surface area (Å²) in [5.74, 6) is 0. The lowest BCUT2D eigenvalue weighted by molar-refractivity contribution is 0.684. The topological polar surface area (TPSA) is 28.2 Å². The first-order chi connectivity index (χ1) is 9.72. The van der Waals surface area contributed by atoms with Crippen LogP contribution in [0.2, 0.25) is 0 Å². The Bertz CT molecular complexity index is 529. The van der Waals surface area contributed by atoms with Crippen LogP contribution in [0, 0.1) is 0 Å². The van der Waals surface area contributed by atoms with Gasteiger partial charge in [-0.2, -0.15) is 0 Å². The molecule has 108 valence electrons. The average molecular weight is 307 g/mol. The van der Waals surface area contributed by atoms with Crippen molar-refractivity contribution in [1.82, 2.24) is 10.3 Å². The summed E-state index contributed by atoms with van der Waals surface area (Å²) < 4.78 is 0. The van der Waals surface area contributed by atoms with E-state index in [2.05, 4.69) is 46.6 Å². The van der Waals surface area contributed by atoms with Gasteiger partial charge in [-0.15, -0.1) is 22.7 Å². The molecule has 20 heavy (non-hydrogen) atoms. The molecular weight excluding hydrogens is 286 g/mol. The molecule has 3 rings (SSSR count). The molecule has 0 atom stereocenters. The first-order valence-electron chi connectivity index (χ1n) is 7.19. The van der Waals surface area contributed by atoms with E-state index in [1.165, 1.54) is 22.6 Å². The monoisotopic (exact) mass is 307 g/mol. The fraction of sp³-hybridized carbons (Fsp3) is 0.533. The summed E-state index contributed by atoms with van der Waals surface area (Å²) in [4.78, 5) is 9.74. The van der Waals surface area contributed by atoms with Crippen molar-refractivity contribution < 1.29 is 0 Å². The van der Waals surface area contributed by atoms with E-state index >= 15 is 0 Å². The summed E-state index contributed by atoms with van der Waals surface area (Å²) in [6.07, 6.45) is 4.70. The second-order valence-electron chi connectivity index (χ2n) is 5.57. The molecule has 0 bridgehead atoms. The van der Waals surface area contributed by atoms with E-state index in [4.69, 9.17) is 0 Å². The van der Waals surface area contributed by atoms with Crippen molar-refractivity contribution in [1.29, 1.82) is 0 Å². The van der Waals surface area contributed by atoms with Crippen LogP contribution in [-0.2, 0) is 13.1 Å². The van der Waals surface area contributed by atoms with Crippen molar-refractivity contribution in [2.24, 2.45) is 0 Å². The third-order valence-electron chi connectivity index (χ3n) is 3.46. The van der Waals surface area contributed by atoms with Gasteiger partial charge in [0.15, 0.2) is 5.13 Å². The molecule has 1 aliphatic rings. The number of nitrogens with zero attached hydrogens (tertiary/aromatic N) is 2. The predicted molar refractivity (Wildman–Crippen MR) is 87.6 cm³/mol. The molecule has 0 radical (unpaired) electrons. The van der Waals surface area contributed by atoms with Gasteiger partial charge < -0.3 is 10.2 Å². The van der Waals surface area contributed by atoms with Crippen LogP contribution in [0.4, 0.5) is 5.13 Å². The molecule has 2 aromatic rings. The lowest BCUT2D eigenvalue weighted by Crippen LogP contribution is -2.29. The van der Waals surface area contributed by atoms with Gasteiger partial charge in [-0.1, -0.05) is 6.07 Å². The van der Waals surface area contributed by atoms with E-state index in [1.807, 2.05) is 28.9 Å². The molecule has 3 nitrogen and oxygen atoms in total. The zero-order chi connectivity index (χ0) is 13.9. The summed E-state index contributed by atoms with van der Waals surface area (Å²) in [7, 11) is 0. The van der Waals surface area contributed by atoms with E-state index in [9.17, 15) is 0 Å². The number of thiazole rings is 1. The van der Waals surface area contributed by atoms with Crippen LogP contribution in [-0.4, -0.2) is 17.1 Å². The Labute approximate surface area is 128 Å². The lowest BCUT2D eigenvalue weighted by atomic mass is 10.3. The van der Waals surface area contributed by atoms with Crippen LogP contribution in [0.15, 0.2) is 23.7 Å². The van der Waals surface area contributed by atoms with Crippen molar-refractivity contribution in [3.05, 3.63) is 33.5 Å². The van der Waals surface area contributed by atoms with E-state index in [1.54, 1.807) is 0 Å². The normalized spacial score (nSPS) is 14.9. The van der Waals surface area contributed by atoms with Crippen molar-refractivity contribution in [2.75, 3.05) is 4.90 Å². The molecule has 1 N–H and O–H groups in total. The number of hydrogen-bond acceptors (Lipinski definition) is 5. The summed E-state index contributed by atoms with van der Waals surface area (Å²) >= 11 is 3.63. The minimum atomic E-state index is 0.465. The number of anilines is 1. The Balaban J connectivity index is 1.66. The SMILES string of the molecule is CC(C)N(Cc1cccs1)c1ncc(CNC2CC2)s1. The maximum Gasteiger partial charge on any atom is 0.186 e. The van der Waals surface area contributed by atoms with E-state index in [0.717, 1.165) is 24.3 Å². The highest BCUT2D eigenvalue weighted by Gasteiger charge is 2.21. The predicted octanol–water partition coefficient (Wildman–Crippen LogP) is 3.87. The fourth-order valence-corrected chi connectivity index (χ4v) is 3.78. The number of hydrogen-bond donors (Lipinski definition) is 1. The zero-order valence-electron chi connectivity index (χ0n) is 12.0. The third kappa shape index (κ3) is 3.59. The molecule has 0 unspecified atom stereocenters. The number of nitrogens with one attached hydrogen (secondary N) is 1. The summed E-state index contributed by atoms with van der Waals surface area (Å²) in [6, 6.07) is 5.54. The Morgan fingerprint density at radius 3 is 2.90 bits per heavy atom. The third-order valence-corrected chi connectivity index (χ3v) is 5.35. The van der Waals surface area contributed by atoms with Crippen molar-refractivity contribution in [3.8, 4) is 0 Å². The highest BCUT2D eigenvalue weighted by Crippen LogP contribution is 2.28. The molecule has 1 saturated carbocycles. The van der Waals surface area contributed by atoms with E-state index < -0.39 is 0 Å². The average Bonchev–Trinajstić information content (AvgIpc) is 2.91. The van der Waals surface area contributed by atoms with Crippen molar-refractivity contribution in [3.63, 3.8) is 0 Å². The minimum absolute atomic E-state index is 0.465. The summed E-state index contributed by atoms with van der Waals surface area (Å²) in [5, 5.41) is 6.83. The highest BCUT2D eigenvalue weighted by atomic mass is 32.1. The van der Waals surface area contributed by atoms with Gasteiger partial charge in [0, 0.05) is 34.6 Å². The van der Waals surface area contributed by atoms with Crippen LogP contribution >= 0.6 is 22.7 Å². The van der Waals surface area contributed by atoms with Crippen LogP contribution in [0.1, 0.15) is 36.4 Å². The van der Waals surface area contributed by atoms with Gasteiger partial charge in [0.25, 0.3) is 0 Å². The van der Waals surface area contributed by atoms with E-state index in [0.29, 0.717) is 6.04 Å². The van der Waals surface area contributed by atoms with Gasteiger partial charge in [-0.05, 0) is 38.1 Å². The first kappa shape index (κ1) is 14.0. The standard InChI is InChI=1S/C15H21N3S2/c1-11(2)18(10-13-4-3-7-19-13)15-17-9-14(20-15)8-16-12-5-6-12/h3-4,7,9,11-12,16H,5-6,8,10H2,1-2H3. The van der Waals surface area contributed by atoms with Crippen molar-refractivity contribution in [2.45, 2.75) is 51.9 Å². The van der Waals surface area contributed by atoms with E-state index in [-0.39, 0.29) is 0 Å². The Hall–Kier alpha value is -0.910. The summed E-state index contributed by atoms with van der Waals surface area (Å²) in [6.45, 7) is 6.39. The van der Waals surface area contributed by atoms with Gasteiger partial charge in [0.1, 0.15) is 0 Å². The largest absolute Gasteiger partial charge is 0.341 e. The lowest BCUT2D eigenvalue weighted by Gasteiger charge is -2.25. The molecule has 0 aliphatic heterocycles. The van der Waals surface area contributed by atoms with Gasteiger partial charge >= 0.3 is 0 Å². The molecule has 0 saturated heterocycles. The van der Waals surface area contributed by atoms with Gasteiger partial charge in [-0.25, -0.2) is 4.98 Å². The second-order valence-corrected chi connectivity index (χ2v) is 7.69. The second kappa shape index (κ2) is 6.24. The molecule has 1 fully saturated rings. The molecular formula is C15H21N3S2. The molecule has 0 spiro atoms. The number of aromatic nitrogens is 1. The molecule has 5 heteroatoms. The number of rotatable bonds is 7. The Morgan fingerprint density at radius 2 is 2.25 bits per heavy atom. The Morgan fingerprint density at radius 1 is 1.40 bits per heavy atom. The van der Waals surface area contributed by atoms with Crippen LogP contribution in [0.3, 0.4) is 0 Å². The zero-order valence-corrected chi connectivity index (χ0v) is 13.6. The van der Waals surface area contributed by atoms with Crippen LogP contribution < -0.4 is 10.2 Å². The molecule has 2 aromatic heterocycles. The van der Waals surface area contributed by atoms with Gasteiger partial charge in [0.05, 0.1) is 6.54 Å². The smallest absolute Gasteiger partial charge is 0.186 e. The molecule has 0 amide bonds. The maximum atomic E-state index is 4.63. The number of thiophene rings is 1. The van der Waals surface area contributed by atoms with Crippen LogP contribution in [0.25, 0.3) is 0 Å².